The van der Waals surface area contributed by atoms with Gasteiger partial charge in [-0.2, -0.15) is 0 Å². The summed E-state index contributed by atoms with van der Waals surface area (Å²) >= 11 is -1.73. The van der Waals surface area contributed by atoms with E-state index in [1.807, 2.05) is 30.3 Å². The highest BCUT2D eigenvalue weighted by molar-refractivity contribution is 7.77. The van der Waals surface area contributed by atoms with Crippen LogP contribution in [0.2, 0.25) is 0 Å². The summed E-state index contributed by atoms with van der Waals surface area (Å²) in [6, 6.07) is 9.04. The van der Waals surface area contributed by atoms with Gasteiger partial charge in [0.25, 0.3) is 11.3 Å². The van der Waals surface area contributed by atoms with Gasteiger partial charge >= 0.3 is 0 Å². The largest absolute Gasteiger partial charge is 0.290 e. The lowest BCUT2D eigenvalue weighted by Gasteiger charge is -2.30. The number of benzene rings is 1. The molecule has 0 aromatic heterocycles. The number of nitrogens with zero attached hydrogens (tertiary/aromatic N) is 1. The number of fused-ring (bicyclic) bond motifs is 1. The molecule has 3 rings (SSSR count). The number of carbonyl (C=O) groups is 2. The Hall–Kier alpha value is -2.05. The molecule has 120 valence electrons. The van der Waals surface area contributed by atoms with Crippen molar-refractivity contribution < 1.29 is 18.0 Å². The molecule has 0 amide bonds. The molecule has 0 radical (unpaired) electrons. The highest BCUT2D eigenvalue weighted by Crippen LogP contribution is 2.37. The van der Waals surface area contributed by atoms with Crippen molar-refractivity contribution in [1.29, 1.82) is 0 Å². The average molecular weight is 331 g/mol. The average Bonchev–Trinajstić information content (AvgIpc) is 2.89. The lowest BCUT2D eigenvalue weighted by Crippen LogP contribution is -2.43. The molecule has 5 nitrogen and oxygen atoms in total. The maximum Gasteiger partial charge on any atom is 0.264 e. The molecule has 0 bridgehead atoms. The van der Waals surface area contributed by atoms with Gasteiger partial charge in [0, 0.05) is 6.20 Å². The van der Waals surface area contributed by atoms with Crippen LogP contribution in [0.3, 0.4) is 0 Å². The van der Waals surface area contributed by atoms with Crippen LogP contribution < -0.4 is 0 Å². The summed E-state index contributed by atoms with van der Waals surface area (Å²) in [5.41, 5.74) is 2.38. The van der Waals surface area contributed by atoms with Crippen molar-refractivity contribution in [2.75, 3.05) is 0 Å². The summed E-state index contributed by atoms with van der Waals surface area (Å²) in [5, 5.41) is 0. The number of carbonyl (C=O) groups excluding carboxylic acids is 2. The van der Waals surface area contributed by atoms with Crippen molar-refractivity contribution in [1.82, 2.24) is 4.31 Å². The molecule has 1 heterocycles. The quantitative estimate of drug-likeness (QED) is 0.793. The Labute approximate surface area is 137 Å². The predicted molar refractivity (Wildman–Crippen MR) is 86.0 cm³/mol. The Morgan fingerprint density at radius 3 is 2.52 bits per heavy atom. The Morgan fingerprint density at radius 2 is 1.83 bits per heavy atom. The Kier molecular flexibility index (Phi) is 4.28. The molecule has 0 saturated heterocycles. The molecule has 6 heteroatoms. The van der Waals surface area contributed by atoms with E-state index in [2.05, 4.69) is 0 Å². The molecule has 0 fully saturated rings. The minimum absolute atomic E-state index is 0.212. The smallest absolute Gasteiger partial charge is 0.264 e. The Morgan fingerprint density at radius 1 is 1.13 bits per heavy atom. The molecular weight excluding hydrogens is 314 g/mol. The molecule has 2 aliphatic rings. The lowest BCUT2D eigenvalue weighted by molar-refractivity contribution is -0.136. The zero-order chi connectivity index (χ0) is 16.6. The molecule has 1 aromatic carbocycles. The van der Waals surface area contributed by atoms with E-state index in [1.165, 1.54) is 10.4 Å². The zero-order valence-corrected chi connectivity index (χ0v) is 13.7. The molecule has 1 aliphatic heterocycles. The molecular formula is C17H17NO4S. The van der Waals surface area contributed by atoms with E-state index >= 15 is 0 Å². The van der Waals surface area contributed by atoms with Crippen LogP contribution >= 0.6 is 0 Å². The first-order valence-electron chi connectivity index (χ1n) is 7.31. The van der Waals surface area contributed by atoms with Crippen molar-refractivity contribution in [3.63, 3.8) is 0 Å². The van der Waals surface area contributed by atoms with Crippen LogP contribution in [0.4, 0.5) is 0 Å². The van der Waals surface area contributed by atoms with Crippen LogP contribution in [0.1, 0.15) is 19.4 Å². The second kappa shape index (κ2) is 6.22. The topological polar surface area (TPSA) is 63.7 Å². The summed E-state index contributed by atoms with van der Waals surface area (Å²) in [4.78, 5) is 23.8. The van der Waals surface area contributed by atoms with E-state index in [1.54, 1.807) is 20.0 Å². The van der Waals surface area contributed by atoms with Crippen molar-refractivity contribution >= 4 is 22.8 Å². The van der Waals surface area contributed by atoms with Gasteiger partial charge in [0.2, 0.25) is 11.6 Å². The van der Waals surface area contributed by atoms with Crippen molar-refractivity contribution in [3.05, 3.63) is 59.3 Å². The second-order valence-electron chi connectivity index (χ2n) is 5.74. The maximum atomic E-state index is 12.5. The van der Waals surface area contributed by atoms with Gasteiger partial charge in [-0.05, 0) is 36.6 Å². The van der Waals surface area contributed by atoms with Gasteiger partial charge in [0.15, 0.2) is 0 Å². The third-order valence-electron chi connectivity index (χ3n) is 4.10. The van der Waals surface area contributed by atoms with Gasteiger partial charge in [-0.15, -0.1) is 0 Å². The van der Waals surface area contributed by atoms with Crippen LogP contribution in [0.15, 0.2) is 53.8 Å². The van der Waals surface area contributed by atoms with Gasteiger partial charge in [-0.25, -0.2) is 4.21 Å². The third-order valence-corrected chi connectivity index (χ3v) is 5.10. The van der Waals surface area contributed by atoms with Gasteiger partial charge in [0.1, 0.15) is 0 Å². The normalized spacial score (nSPS) is 25.0. The molecule has 0 N–H and O–H groups in total. The fourth-order valence-corrected chi connectivity index (χ4v) is 4.06. The molecule has 1 aliphatic carbocycles. The number of hydrogen-bond acceptors (Lipinski definition) is 4. The van der Waals surface area contributed by atoms with Gasteiger partial charge in [-0.1, -0.05) is 30.3 Å². The molecule has 0 spiro atoms. The molecule has 3 unspecified atom stereocenters. The highest BCUT2D eigenvalue weighted by Gasteiger charge is 2.46. The first kappa shape index (κ1) is 15.8. The van der Waals surface area contributed by atoms with Crippen molar-refractivity contribution in [3.8, 4) is 0 Å². The summed E-state index contributed by atoms with van der Waals surface area (Å²) in [7, 11) is 0. The third kappa shape index (κ3) is 2.92. The number of Topliss-reactive ketones (excluding diaryl/α,β-unsaturated/α-hetero) is 1. The van der Waals surface area contributed by atoms with E-state index < -0.39 is 34.8 Å². The van der Waals surface area contributed by atoms with E-state index in [4.69, 9.17) is 4.18 Å². The zero-order valence-electron chi connectivity index (χ0n) is 12.9. The molecule has 3 atom stereocenters. The fourth-order valence-electron chi connectivity index (χ4n) is 2.98. The number of rotatable bonds is 4. The number of hydrogen-bond donors (Lipinski definition) is 0. The monoisotopic (exact) mass is 331 g/mol. The van der Waals surface area contributed by atoms with Crippen LogP contribution in [-0.2, 0) is 31.6 Å². The Balaban J connectivity index is 1.77. The van der Waals surface area contributed by atoms with Crippen LogP contribution in [0.5, 0.6) is 0 Å². The van der Waals surface area contributed by atoms with Crippen LogP contribution in [0.25, 0.3) is 0 Å². The van der Waals surface area contributed by atoms with E-state index in [9.17, 15) is 13.8 Å². The van der Waals surface area contributed by atoms with Gasteiger partial charge in [-0.3, -0.25) is 18.1 Å². The van der Waals surface area contributed by atoms with Gasteiger partial charge in [0.05, 0.1) is 18.6 Å². The summed E-state index contributed by atoms with van der Waals surface area (Å²) in [5.74, 6) is -1.50. The Bertz CT molecular complexity index is 738. The molecule has 1 aromatic rings. The SMILES string of the molecule is CC1=CN(S(=O)OCc2ccccc2)C2C(C)=CC(=O)C(=O)C12. The summed E-state index contributed by atoms with van der Waals surface area (Å²) in [6.45, 7) is 3.76. The first-order valence-corrected chi connectivity index (χ1v) is 8.34. The standard InChI is InChI=1S/C17H17NO4S/c1-11-8-14(19)17(20)15-12(2)9-18(16(11)15)23(21)22-10-13-6-4-3-5-7-13/h3-9,15-16H,10H2,1-2H3. The molecule has 0 saturated carbocycles. The number of allylic oxidation sites excluding steroid dienone is 1. The van der Waals surface area contributed by atoms with Crippen LogP contribution in [0, 0.1) is 5.92 Å². The van der Waals surface area contributed by atoms with E-state index in [0.717, 1.165) is 16.7 Å². The predicted octanol–water partition coefficient (Wildman–Crippen LogP) is 2.08. The lowest BCUT2D eigenvalue weighted by atomic mass is 9.81. The van der Waals surface area contributed by atoms with Gasteiger partial charge < -0.3 is 0 Å². The summed E-state index contributed by atoms with van der Waals surface area (Å²) < 4.78 is 19.5. The first-order chi connectivity index (χ1) is 11.0. The second-order valence-corrected chi connectivity index (χ2v) is 6.83. The minimum atomic E-state index is -1.73. The summed E-state index contributed by atoms with van der Waals surface area (Å²) in [6.07, 6.45) is 2.99. The maximum absolute atomic E-state index is 12.5. The van der Waals surface area contributed by atoms with Crippen molar-refractivity contribution in [2.45, 2.75) is 26.5 Å². The van der Waals surface area contributed by atoms with Crippen molar-refractivity contribution in [2.24, 2.45) is 5.92 Å². The van der Waals surface area contributed by atoms with E-state index in [-0.39, 0.29) is 6.61 Å². The number of ketones is 2. The van der Waals surface area contributed by atoms with Crippen LogP contribution in [-0.4, -0.2) is 26.1 Å². The fraction of sp³-hybridized carbons (Fsp3) is 0.294. The molecule has 23 heavy (non-hydrogen) atoms. The highest BCUT2D eigenvalue weighted by atomic mass is 32.2. The minimum Gasteiger partial charge on any atom is -0.290 e. The van der Waals surface area contributed by atoms with E-state index in [0.29, 0.717) is 0 Å².